The van der Waals surface area contributed by atoms with Crippen molar-refractivity contribution in [3.8, 4) is 11.1 Å². The Labute approximate surface area is 238 Å². The van der Waals surface area contributed by atoms with Crippen LogP contribution in [-0.2, 0) is 16.0 Å². The minimum absolute atomic E-state index is 0. The molecule has 0 radical (unpaired) electrons. The van der Waals surface area contributed by atoms with Crippen LogP contribution < -0.4 is 21.9 Å². The first-order valence-corrected chi connectivity index (χ1v) is 13.4. The molecule has 1 atom stereocenters. The number of anilines is 1. The predicted molar refractivity (Wildman–Crippen MR) is 159 cm³/mol. The fourth-order valence-electron chi connectivity index (χ4n) is 5.64. The van der Waals surface area contributed by atoms with Gasteiger partial charge in [0.15, 0.2) is 0 Å². The maximum Gasteiger partial charge on any atom is 0.271 e. The lowest BCUT2D eigenvalue weighted by Crippen LogP contribution is -2.52. The van der Waals surface area contributed by atoms with Crippen LogP contribution in [0.2, 0.25) is 0 Å². The molecule has 2 amide bonds. The molecule has 1 aliphatic rings. The number of benzene rings is 2. The Bertz CT molecular complexity index is 1540. The van der Waals surface area contributed by atoms with Gasteiger partial charge in [-0.2, -0.15) is 0 Å². The fraction of sp³-hybridized carbons (Fsp3) is 0.333. The van der Waals surface area contributed by atoms with E-state index in [-0.39, 0.29) is 36.2 Å². The average Bonchev–Trinajstić information content (AvgIpc) is 3.33. The van der Waals surface area contributed by atoms with Crippen molar-refractivity contribution < 1.29 is 9.59 Å². The van der Waals surface area contributed by atoms with Crippen molar-refractivity contribution in [2.24, 2.45) is 23.3 Å². The standard InChI is InChI=1S/C30H34N6O3.ClH/c1-18-17-33-13-12-24(18)21-6-2-19(3-7-21)14-27(28(32)37)36(30(39)22-8-4-20(16-31)5-9-22)23-10-11-25-26(15-23)34-35-29(25)38;/h2-3,6-7,10-13,15,17,20,22,27H,4-5,8-9,14,16,31H2,1H3,(H2,32,37)(H2,34,35,38);1H/t20-,22-,27-;/m0./s1. The Morgan fingerprint density at radius 1 is 1.05 bits per heavy atom. The number of aromatic nitrogens is 3. The van der Waals surface area contributed by atoms with Crippen molar-refractivity contribution in [2.75, 3.05) is 11.4 Å². The lowest BCUT2D eigenvalue weighted by molar-refractivity contribution is -0.127. The first-order chi connectivity index (χ1) is 18.9. The lowest BCUT2D eigenvalue weighted by atomic mass is 9.81. The van der Waals surface area contributed by atoms with Gasteiger partial charge in [-0.15, -0.1) is 12.4 Å². The number of primary amides is 1. The molecule has 2 aromatic heterocycles. The number of fused-ring (bicyclic) bond motifs is 1. The summed E-state index contributed by atoms with van der Waals surface area (Å²) in [6, 6.07) is 14.1. The van der Waals surface area contributed by atoms with E-state index in [0.717, 1.165) is 35.1 Å². The van der Waals surface area contributed by atoms with E-state index < -0.39 is 11.9 Å². The molecule has 40 heavy (non-hydrogen) atoms. The van der Waals surface area contributed by atoms with Gasteiger partial charge in [0.1, 0.15) is 6.04 Å². The zero-order valence-electron chi connectivity index (χ0n) is 22.4. The molecule has 210 valence electrons. The average molecular weight is 563 g/mol. The van der Waals surface area contributed by atoms with Crippen LogP contribution in [0.25, 0.3) is 22.0 Å². The summed E-state index contributed by atoms with van der Waals surface area (Å²) in [7, 11) is 0. The summed E-state index contributed by atoms with van der Waals surface area (Å²) < 4.78 is 0. The quantitative estimate of drug-likeness (QED) is 0.257. The highest BCUT2D eigenvalue weighted by Crippen LogP contribution is 2.33. The highest BCUT2D eigenvalue weighted by molar-refractivity contribution is 6.03. The smallest absolute Gasteiger partial charge is 0.271 e. The maximum absolute atomic E-state index is 14.0. The predicted octanol–water partition coefficient (Wildman–Crippen LogP) is 3.84. The first kappa shape index (κ1) is 29.0. The molecule has 1 saturated carbocycles. The number of carbonyl (C=O) groups excluding carboxylic acids is 2. The van der Waals surface area contributed by atoms with Crippen LogP contribution in [-0.4, -0.2) is 39.6 Å². The lowest BCUT2D eigenvalue weighted by Gasteiger charge is -2.35. The Kier molecular flexibility index (Phi) is 9.07. The number of hydrogen-bond acceptors (Lipinski definition) is 5. The molecule has 2 heterocycles. The van der Waals surface area contributed by atoms with Gasteiger partial charge < -0.3 is 11.5 Å². The summed E-state index contributed by atoms with van der Waals surface area (Å²) in [6.07, 6.45) is 7.03. The number of nitrogens with zero attached hydrogens (tertiary/aromatic N) is 2. The van der Waals surface area contributed by atoms with E-state index in [0.29, 0.717) is 41.9 Å². The van der Waals surface area contributed by atoms with Crippen LogP contribution in [0.15, 0.2) is 65.7 Å². The zero-order chi connectivity index (χ0) is 27.5. The van der Waals surface area contributed by atoms with Crippen molar-refractivity contribution >= 4 is 40.8 Å². The number of halogens is 1. The van der Waals surface area contributed by atoms with Crippen LogP contribution in [0.1, 0.15) is 36.8 Å². The van der Waals surface area contributed by atoms with Crippen molar-refractivity contribution in [1.82, 2.24) is 15.2 Å². The normalized spacial score (nSPS) is 17.6. The van der Waals surface area contributed by atoms with Crippen molar-refractivity contribution in [1.29, 1.82) is 0 Å². The van der Waals surface area contributed by atoms with Crippen LogP contribution in [0.4, 0.5) is 5.69 Å². The monoisotopic (exact) mass is 562 g/mol. The molecule has 0 aliphatic heterocycles. The van der Waals surface area contributed by atoms with Gasteiger partial charge in [-0.05, 0) is 91.6 Å². The number of aromatic amines is 2. The molecule has 0 saturated heterocycles. The molecule has 9 nitrogen and oxygen atoms in total. The molecule has 1 aliphatic carbocycles. The van der Waals surface area contributed by atoms with Crippen molar-refractivity contribution in [3.05, 3.63) is 82.4 Å². The molecule has 1 fully saturated rings. The third-order valence-corrected chi connectivity index (χ3v) is 7.96. The number of aryl methyl sites for hydroxylation is 1. The van der Waals surface area contributed by atoms with Crippen LogP contribution in [0.3, 0.4) is 0 Å². The topological polar surface area (TPSA) is 151 Å². The molecule has 0 unspecified atom stereocenters. The van der Waals surface area contributed by atoms with Crippen LogP contribution >= 0.6 is 12.4 Å². The van der Waals surface area contributed by atoms with E-state index in [9.17, 15) is 14.4 Å². The molecular weight excluding hydrogens is 528 g/mol. The van der Waals surface area contributed by atoms with E-state index in [2.05, 4.69) is 15.2 Å². The van der Waals surface area contributed by atoms with E-state index in [4.69, 9.17) is 11.5 Å². The summed E-state index contributed by atoms with van der Waals surface area (Å²) in [6.45, 7) is 2.62. The van der Waals surface area contributed by atoms with Gasteiger partial charge in [0.05, 0.1) is 10.9 Å². The maximum atomic E-state index is 14.0. The number of H-pyrrole nitrogens is 2. The van der Waals surface area contributed by atoms with Gasteiger partial charge in [0, 0.05) is 30.4 Å². The molecule has 4 aromatic rings. The molecule has 0 spiro atoms. The van der Waals surface area contributed by atoms with E-state index in [1.165, 1.54) is 0 Å². The van der Waals surface area contributed by atoms with E-state index in [1.807, 2.05) is 43.5 Å². The van der Waals surface area contributed by atoms with Crippen LogP contribution in [0, 0.1) is 18.8 Å². The van der Waals surface area contributed by atoms with Crippen molar-refractivity contribution in [3.63, 3.8) is 0 Å². The van der Waals surface area contributed by atoms with Crippen molar-refractivity contribution in [2.45, 2.75) is 45.1 Å². The van der Waals surface area contributed by atoms with E-state index in [1.54, 1.807) is 29.3 Å². The highest BCUT2D eigenvalue weighted by atomic mass is 35.5. The number of amides is 2. The Morgan fingerprint density at radius 3 is 2.42 bits per heavy atom. The second-order valence-corrected chi connectivity index (χ2v) is 10.5. The second-order valence-electron chi connectivity index (χ2n) is 10.5. The number of nitrogens with two attached hydrogens (primary N) is 2. The number of pyridine rings is 1. The largest absolute Gasteiger partial charge is 0.368 e. The summed E-state index contributed by atoms with van der Waals surface area (Å²) in [5, 5.41) is 5.90. The summed E-state index contributed by atoms with van der Waals surface area (Å²) in [5.41, 5.74) is 16.8. The fourth-order valence-corrected chi connectivity index (χ4v) is 5.64. The molecular formula is C30H35ClN6O3. The molecule has 0 bridgehead atoms. The first-order valence-electron chi connectivity index (χ1n) is 13.4. The molecule has 5 rings (SSSR count). The van der Waals surface area contributed by atoms with Gasteiger partial charge in [-0.25, -0.2) is 0 Å². The van der Waals surface area contributed by atoms with Gasteiger partial charge in [-0.1, -0.05) is 24.3 Å². The Morgan fingerprint density at radius 2 is 1.77 bits per heavy atom. The summed E-state index contributed by atoms with van der Waals surface area (Å²) >= 11 is 0. The van der Waals surface area contributed by atoms with Gasteiger partial charge >= 0.3 is 0 Å². The second kappa shape index (κ2) is 12.5. The SMILES string of the molecule is Cc1cnccc1-c1ccc(C[C@@H](C(N)=O)N(c2ccc3c(=O)[nH][nH]c3c2)C(=O)[C@H]2CC[C@H](CN)CC2)cc1.Cl. The van der Waals surface area contributed by atoms with Crippen LogP contribution in [0.5, 0.6) is 0 Å². The third kappa shape index (κ3) is 5.95. The minimum Gasteiger partial charge on any atom is -0.368 e. The number of carbonyl (C=O) groups is 2. The summed E-state index contributed by atoms with van der Waals surface area (Å²) in [5.74, 6) is -0.530. The van der Waals surface area contributed by atoms with Gasteiger partial charge in [0.2, 0.25) is 11.8 Å². The number of hydrogen-bond donors (Lipinski definition) is 4. The number of nitrogens with one attached hydrogen (secondary N) is 2. The van der Waals surface area contributed by atoms with E-state index >= 15 is 0 Å². The third-order valence-electron chi connectivity index (χ3n) is 7.96. The zero-order valence-corrected chi connectivity index (χ0v) is 23.2. The Balaban J connectivity index is 0.00000370. The molecule has 10 heteroatoms. The minimum atomic E-state index is -0.902. The summed E-state index contributed by atoms with van der Waals surface area (Å²) in [4.78, 5) is 44.8. The molecule has 2 aromatic carbocycles. The highest BCUT2D eigenvalue weighted by Gasteiger charge is 2.36. The Hall–Kier alpha value is -3.95. The molecule has 6 N–H and O–H groups in total. The number of rotatable bonds is 8. The van der Waals surface area contributed by atoms with Gasteiger partial charge in [0.25, 0.3) is 5.56 Å². The van der Waals surface area contributed by atoms with Gasteiger partial charge in [-0.3, -0.25) is 34.5 Å².